The van der Waals surface area contributed by atoms with Crippen molar-refractivity contribution in [3.8, 4) is 33.8 Å². The van der Waals surface area contributed by atoms with Crippen LogP contribution in [-0.2, 0) is 12.4 Å². The number of hydrogen-bond donors (Lipinski definition) is 4. The van der Waals surface area contributed by atoms with E-state index in [9.17, 15) is 26.3 Å². The number of alkyl halides is 6. The highest BCUT2D eigenvalue weighted by atomic mass is 19.4. The number of halogens is 6. The zero-order chi connectivity index (χ0) is 27.1. The summed E-state index contributed by atoms with van der Waals surface area (Å²) < 4.78 is 87.5. The Kier molecular flexibility index (Phi) is 6.32. The van der Waals surface area contributed by atoms with Crippen LogP contribution in [0.15, 0.2) is 72.8 Å². The Morgan fingerprint density at radius 2 is 0.811 bits per heavy atom. The van der Waals surface area contributed by atoms with Crippen molar-refractivity contribution in [2.75, 3.05) is 22.9 Å². The SMILES string of the molecule is Nc1ccc(-c2ccccc2C(F)(F)F)c(N)c1Oc1c(N)ccc(-c2ccccc2C(F)(F)F)c1N. The van der Waals surface area contributed by atoms with E-state index >= 15 is 0 Å². The first kappa shape index (κ1) is 25.5. The first-order valence-electron chi connectivity index (χ1n) is 10.7. The molecule has 0 saturated heterocycles. The zero-order valence-electron chi connectivity index (χ0n) is 18.9. The maximum atomic E-state index is 13.6. The Morgan fingerprint density at radius 3 is 1.16 bits per heavy atom. The minimum atomic E-state index is -4.67. The van der Waals surface area contributed by atoms with E-state index in [1.165, 1.54) is 60.7 Å². The van der Waals surface area contributed by atoms with Crippen molar-refractivity contribution in [1.82, 2.24) is 0 Å². The van der Waals surface area contributed by atoms with Gasteiger partial charge >= 0.3 is 12.4 Å². The summed E-state index contributed by atoms with van der Waals surface area (Å²) in [5, 5.41) is 0. The summed E-state index contributed by atoms with van der Waals surface area (Å²) in [5.41, 5.74) is 21.5. The van der Waals surface area contributed by atoms with Gasteiger partial charge in [-0.25, -0.2) is 0 Å². The molecule has 0 spiro atoms. The summed E-state index contributed by atoms with van der Waals surface area (Å²) >= 11 is 0. The van der Waals surface area contributed by atoms with E-state index in [2.05, 4.69) is 0 Å². The lowest BCUT2D eigenvalue weighted by atomic mass is 9.96. The predicted octanol–water partition coefficient (Wildman–Crippen LogP) is 7.18. The fourth-order valence-electron chi connectivity index (χ4n) is 3.96. The highest BCUT2D eigenvalue weighted by Crippen LogP contribution is 2.48. The first-order chi connectivity index (χ1) is 17.3. The Morgan fingerprint density at radius 1 is 0.459 bits per heavy atom. The Bertz CT molecular complexity index is 1370. The number of nitrogen functional groups attached to an aromatic ring is 4. The third kappa shape index (κ3) is 4.80. The summed E-state index contributed by atoms with van der Waals surface area (Å²) in [6, 6.07) is 14.8. The maximum absolute atomic E-state index is 13.6. The molecule has 0 heterocycles. The highest BCUT2D eigenvalue weighted by Gasteiger charge is 2.35. The van der Waals surface area contributed by atoms with E-state index in [-0.39, 0.29) is 56.5 Å². The lowest BCUT2D eigenvalue weighted by Crippen LogP contribution is -2.09. The van der Waals surface area contributed by atoms with Crippen molar-refractivity contribution >= 4 is 22.7 Å². The molecule has 0 unspecified atom stereocenters. The van der Waals surface area contributed by atoms with Gasteiger partial charge in [0.2, 0.25) is 0 Å². The summed E-state index contributed by atoms with van der Waals surface area (Å²) in [5.74, 6) is -0.483. The first-order valence-corrected chi connectivity index (χ1v) is 10.7. The third-order valence-electron chi connectivity index (χ3n) is 5.70. The van der Waals surface area contributed by atoms with Crippen LogP contribution in [0.2, 0.25) is 0 Å². The van der Waals surface area contributed by atoms with Crippen molar-refractivity contribution in [3.05, 3.63) is 83.9 Å². The topological polar surface area (TPSA) is 113 Å². The number of hydrogen-bond acceptors (Lipinski definition) is 5. The van der Waals surface area contributed by atoms with E-state index in [1.807, 2.05) is 0 Å². The molecule has 4 aromatic rings. The van der Waals surface area contributed by atoms with Crippen LogP contribution in [0.3, 0.4) is 0 Å². The van der Waals surface area contributed by atoms with Crippen molar-refractivity contribution in [1.29, 1.82) is 0 Å². The van der Waals surface area contributed by atoms with E-state index in [4.69, 9.17) is 27.7 Å². The lowest BCUT2D eigenvalue weighted by molar-refractivity contribution is -0.137. The van der Waals surface area contributed by atoms with Crippen molar-refractivity contribution < 1.29 is 31.1 Å². The summed E-state index contributed by atoms with van der Waals surface area (Å²) in [6.07, 6.45) is -9.33. The van der Waals surface area contributed by atoms with Crippen LogP contribution >= 0.6 is 0 Å². The van der Waals surface area contributed by atoms with Crippen LogP contribution in [0.25, 0.3) is 22.3 Å². The highest BCUT2D eigenvalue weighted by molar-refractivity contribution is 5.90. The van der Waals surface area contributed by atoms with Crippen LogP contribution in [-0.4, -0.2) is 0 Å². The molecule has 5 nitrogen and oxygen atoms in total. The van der Waals surface area contributed by atoms with Crippen molar-refractivity contribution in [2.24, 2.45) is 0 Å². The normalized spacial score (nSPS) is 11.9. The van der Waals surface area contributed by atoms with Gasteiger partial charge in [-0.2, -0.15) is 26.3 Å². The molecular formula is C26H20F6N4O. The van der Waals surface area contributed by atoms with Gasteiger partial charge in [0, 0.05) is 11.1 Å². The number of rotatable bonds is 4. The van der Waals surface area contributed by atoms with Gasteiger partial charge in [0.1, 0.15) is 0 Å². The van der Waals surface area contributed by atoms with E-state index in [1.54, 1.807) is 0 Å². The quantitative estimate of drug-likeness (QED) is 0.169. The van der Waals surface area contributed by atoms with Gasteiger partial charge in [-0.3, -0.25) is 0 Å². The summed E-state index contributed by atoms with van der Waals surface area (Å²) in [7, 11) is 0. The minimum Gasteiger partial charge on any atom is -0.449 e. The van der Waals surface area contributed by atoms with Gasteiger partial charge in [-0.1, -0.05) is 36.4 Å². The molecule has 192 valence electrons. The Labute approximate surface area is 207 Å². The largest absolute Gasteiger partial charge is 0.449 e. The van der Waals surface area contributed by atoms with Crippen LogP contribution in [0.1, 0.15) is 11.1 Å². The molecule has 0 bridgehead atoms. The fraction of sp³-hybridized carbons (Fsp3) is 0.0769. The van der Waals surface area contributed by atoms with E-state index < -0.39 is 23.5 Å². The standard InChI is InChI=1S/C26H20F6N4O/c27-25(28,29)17-7-3-1-5-13(17)15-9-11-19(33)23(21(15)35)37-24-20(34)12-10-16(22(24)36)14-6-2-4-8-18(14)26(30,31)32/h1-12H,33-36H2. The van der Waals surface area contributed by atoms with Crippen LogP contribution in [0.5, 0.6) is 11.5 Å². The molecule has 0 saturated carbocycles. The second kappa shape index (κ2) is 9.16. The average Bonchev–Trinajstić information content (AvgIpc) is 2.82. The number of anilines is 4. The van der Waals surface area contributed by atoms with Crippen molar-refractivity contribution in [3.63, 3.8) is 0 Å². The molecule has 4 aromatic carbocycles. The molecule has 0 fully saturated rings. The molecule has 0 amide bonds. The molecule has 0 radical (unpaired) electrons. The van der Waals surface area contributed by atoms with Gasteiger partial charge in [-0.05, 0) is 47.5 Å². The van der Waals surface area contributed by atoms with Gasteiger partial charge in [0.05, 0.1) is 33.9 Å². The molecule has 37 heavy (non-hydrogen) atoms. The zero-order valence-corrected chi connectivity index (χ0v) is 18.9. The van der Waals surface area contributed by atoms with Gasteiger partial charge < -0.3 is 27.7 Å². The molecule has 0 aliphatic heterocycles. The molecule has 0 aliphatic carbocycles. The molecule has 8 N–H and O–H groups in total. The molecule has 0 aromatic heterocycles. The second-order valence-electron chi connectivity index (χ2n) is 8.08. The molecule has 0 atom stereocenters. The molecular weight excluding hydrogens is 498 g/mol. The molecule has 11 heteroatoms. The van der Waals surface area contributed by atoms with Gasteiger partial charge in [0.25, 0.3) is 0 Å². The second-order valence-corrected chi connectivity index (χ2v) is 8.08. The van der Waals surface area contributed by atoms with E-state index in [0.29, 0.717) is 0 Å². The third-order valence-corrected chi connectivity index (χ3v) is 5.70. The molecule has 0 aliphatic rings. The number of ether oxygens (including phenoxy) is 1. The Hall–Kier alpha value is -4.54. The maximum Gasteiger partial charge on any atom is 0.417 e. The van der Waals surface area contributed by atoms with E-state index in [0.717, 1.165) is 12.1 Å². The fourth-order valence-corrected chi connectivity index (χ4v) is 3.96. The minimum absolute atomic E-state index is 0.0205. The van der Waals surface area contributed by atoms with Crippen LogP contribution in [0, 0.1) is 0 Å². The van der Waals surface area contributed by atoms with Gasteiger partial charge in [0.15, 0.2) is 11.5 Å². The predicted molar refractivity (Wildman–Crippen MR) is 131 cm³/mol. The number of benzene rings is 4. The smallest absolute Gasteiger partial charge is 0.417 e. The molecule has 4 rings (SSSR count). The monoisotopic (exact) mass is 518 g/mol. The van der Waals surface area contributed by atoms with Crippen LogP contribution in [0.4, 0.5) is 49.1 Å². The van der Waals surface area contributed by atoms with Crippen molar-refractivity contribution in [2.45, 2.75) is 12.4 Å². The van der Waals surface area contributed by atoms with Gasteiger partial charge in [-0.15, -0.1) is 0 Å². The summed E-state index contributed by atoms with van der Waals surface area (Å²) in [4.78, 5) is 0. The number of nitrogens with two attached hydrogens (primary N) is 4. The summed E-state index contributed by atoms with van der Waals surface area (Å²) in [6.45, 7) is 0. The Balaban J connectivity index is 1.86. The lowest BCUT2D eigenvalue weighted by Gasteiger charge is -2.20. The average molecular weight is 518 g/mol. The van der Waals surface area contributed by atoms with Crippen LogP contribution < -0.4 is 27.7 Å².